The van der Waals surface area contributed by atoms with Crippen molar-refractivity contribution in [2.24, 2.45) is 5.92 Å². The van der Waals surface area contributed by atoms with Crippen LogP contribution in [0.2, 0.25) is 0 Å². The molecule has 0 unspecified atom stereocenters. The number of nitrogens with one attached hydrogen (secondary N) is 1. The van der Waals surface area contributed by atoms with Crippen LogP contribution >= 0.6 is 27.3 Å². The van der Waals surface area contributed by atoms with Gasteiger partial charge < -0.3 is 5.32 Å². The number of unbranched alkanes of at least 4 members (excludes halogenated alkanes) is 1. The minimum Gasteiger partial charge on any atom is -0.316 e. The number of thiophene rings is 1. The lowest BCUT2D eigenvalue weighted by Crippen LogP contribution is -2.20. The summed E-state index contributed by atoms with van der Waals surface area (Å²) in [6.07, 6.45) is 3.79. The number of hydrogen-bond acceptors (Lipinski definition) is 2. The van der Waals surface area contributed by atoms with Crippen LogP contribution < -0.4 is 5.32 Å². The molecule has 0 bridgehead atoms. The molecule has 0 saturated carbocycles. The van der Waals surface area contributed by atoms with E-state index in [0.29, 0.717) is 0 Å². The van der Waals surface area contributed by atoms with Crippen LogP contribution in [0.25, 0.3) is 0 Å². The molecule has 15 heavy (non-hydrogen) atoms. The lowest BCUT2D eigenvalue weighted by Gasteiger charge is -2.06. The first-order valence-corrected chi connectivity index (χ1v) is 7.29. The summed E-state index contributed by atoms with van der Waals surface area (Å²) in [5.74, 6) is 0.762. The van der Waals surface area contributed by atoms with E-state index in [1.54, 1.807) is 0 Å². The predicted molar refractivity (Wildman–Crippen MR) is 72.7 cm³/mol. The van der Waals surface area contributed by atoms with Crippen molar-refractivity contribution < 1.29 is 0 Å². The topological polar surface area (TPSA) is 12.0 Å². The van der Waals surface area contributed by atoms with Gasteiger partial charge in [0.05, 0.1) is 0 Å². The van der Waals surface area contributed by atoms with Crippen LogP contribution in [0.15, 0.2) is 15.9 Å². The Kier molecular flexibility index (Phi) is 6.53. The van der Waals surface area contributed by atoms with Gasteiger partial charge >= 0.3 is 0 Å². The van der Waals surface area contributed by atoms with E-state index in [1.807, 2.05) is 11.3 Å². The Labute approximate surface area is 105 Å². The van der Waals surface area contributed by atoms with Crippen LogP contribution in [-0.4, -0.2) is 13.1 Å². The third-order valence-electron chi connectivity index (χ3n) is 2.20. The second kappa shape index (κ2) is 7.42. The molecule has 0 radical (unpaired) electrons. The maximum atomic E-state index is 3.48. The summed E-state index contributed by atoms with van der Waals surface area (Å²) in [6.45, 7) is 6.79. The van der Waals surface area contributed by atoms with Crippen LogP contribution in [-0.2, 0) is 6.42 Å². The molecule has 0 saturated heterocycles. The number of hydrogen-bond donors (Lipinski definition) is 1. The molecule has 0 spiro atoms. The third-order valence-corrected chi connectivity index (χ3v) is 3.96. The standard InChI is InChI=1S/C12H20BrNS/c1-10(2)8-14-6-4-3-5-12-7-11(13)9-15-12/h7,9-10,14H,3-6,8H2,1-2H3. The molecule has 1 aromatic heterocycles. The Bertz CT molecular complexity index is 270. The van der Waals surface area contributed by atoms with Crippen molar-refractivity contribution in [3.8, 4) is 0 Å². The van der Waals surface area contributed by atoms with Crippen LogP contribution in [0.3, 0.4) is 0 Å². The van der Waals surface area contributed by atoms with Gasteiger partial charge in [-0.25, -0.2) is 0 Å². The molecular formula is C12H20BrNS. The van der Waals surface area contributed by atoms with Crippen molar-refractivity contribution in [3.05, 3.63) is 20.8 Å². The molecule has 0 aliphatic heterocycles. The Morgan fingerprint density at radius 3 is 2.80 bits per heavy atom. The first kappa shape index (κ1) is 13.2. The number of halogens is 1. The number of rotatable bonds is 7. The fraction of sp³-hybridized carbons (Fsp3) is 0.667. The minimum absolute atomic E-state index is 0.762. The molecule has 3 heteroatoms. The zero-order valence-electron chi connectivity index (χ0n) is 9.55. The van der Waals surface area contributed by atoms with E-state index in [-0.39, 0.29) is 0 Å². The second-order valence-corrected chi connectivity index (χ2v) is 6.20. The molecule has 1 nitrogen and oxygen atoms in total. The highest BCUT2D eigenvalue weighted by molar-refractivity contribution is 9.10. The Morgan fingerprint density at radius 2 is 2.20 bits per heavy atom. The fourth-order valence-electron chi connectivity index (χ4n) is 1.42. The highest BCUT2D eigenvalue weighted by Gasteiger charge is 1.97. The van der Waals surface area contributed by atoms with Crippen LogP contribution in [0.5, 0.6) is 0 Å². The average molecular weight is 290 g/mol. The molecule has 0 aliphatic carbocycles. The Hall–Kier alpha value is 0.140. The SMILES string of the molecule is CC(C)CNCCCCc1cc(Br)cs1. The van der Waals surface area contributed by atoms with Gasteiger partial charge in [-0.2, -0.15) is 0 Å². The van der Waals surface area contributed by atoms with Gasteiger partial charge in [-0.15, -0.1) is 11.3 Å². The van der Waals surface area contributed by atoms with Gasteiger partial charge in [0.25, 0.3) is 0 Å². The van der Waals surface area contributed by atoms with Crippen LogP contribution in [0, 0.1) is 5.92 Å². The minimum atomic E-state index is 0.762. The highest BCUT2D eigenvalue weighted by atomic mass is 79.9. The summed E-state index contributed by atoms with van der Waals surface area (Å²) in [7, 11) is 0. The molecule has 1 heterocycles. The number of aryl methyl sites for hydroxylation is 1. The fourth-order valence-corrected chi connectivity index (χ4v) is 2.92. The van der Waals surface area contributed by atoms with E-state index in [2.05, 4.69) is 46.5 Å². The quantitative estimate of drug-likeness (QED) is 0.746. The van der Waals surface area contributed by atoms with Crippen LogP contribution in [0.1, 0.15) is 31.6 Å². The third kappa shape index (κ3) is 6.33. The maximum Gasteiger partial charge on any atom is 0.0285 e. The molecule has 0 amide bonds. The zero-order valence-corrected chi connectivity index (χ0v) is 12.0. The van der Waals surface area contributed by atoms with E-state index >= 15 is 0 Å². The van der Waals surface area contributed by atoms with Gasteiger partial charge in [-0.3, -0.25) is 0 Å². The molecule has 0 aromatic carbocycles. The average Bonchev–Trinajstić information content (AvgIpc) is 2.57. The monoisotopic (exact) mass is 289 g/mol. The first-order chi connectivity index (χ1) is 7.18. The summed E-state index contributed by atoms with van der Waals surface area (Å²) < 4.78 is 1.22. The van der Waals surface area contributed by atoms with Crippen molar-refractivity contribution >= 4 is 27.3 Å². The Morgan fingerprint density at radius 1 is 1.40 bits per heavy atom. The van der Waals surface area contributed by atoms with Gasteiger partial charge in [0.15, 0.2) is 0 Å². The summed E-state index contributed by atoms with van der Waals surface area (Å²) in [5.41, 5.74) is 0. The van der Waals surface area contributed by atoms with Crippen molar-refractivity contribution in [2.75, 3.05) is 13.1 Å². The van der Waals surface area contributed by atoms with Gasteiger partial charge in [-0.05, 0) is 60.3 Å². The van der Waals surface area contributed by atoms with Gasteiger partial charge in [0.2, 0.25) is 0 Å². The molecule has 1 N–H and O–H groups in total. The van der Waals surface area contributed by atoms with E-state index in [1.165, 1.54) is 28.6 Å². The molecule has 1 rings (SSSR count). The van der Waals surface area contributed by atoms with E-state index in [0.717, 1.165) is 19.0 Å². The molecule has 0 fully saturated rings. The van der Waals surface area contributed by atoms with Crippen molar-refractivity contribution in [3.63, 3.8) is 0 Å². The van der Waals surface area contributed by atoms with Crippen LogP contribution in [0.4, 0.5) is 0 Å². The lowest BCUT2D eigenvalue weighted by atomic mass is 10.2. The highest BCUT2D eigenvalue weighted by Crippen LogP contribution is 2.21. The largest absolute Gasteiger partial charge is 0.316 e. The lowest BCUT2D eigenvalue weighted by molar-refractivity contribution is 0.536. The van der Waals surface area contributed by atoms with Gasteiger partial charge in [-0.1, -0.05) is 13.8 Å². The normalized spacial score (nSPS) is 11.2. The summed E-state index contributed by atoms with van der Waals surface area (Å²) in [6, 6.07) is 2.23. The van der Waals surface area contributed by atoms with E-state index < -0.39 is 0 Å². The van der Waals surface area contributed by atoms with Crippen molar-refractivity contribution in [1.29, 1.82) is 0 Å². The van der Waals surface area contributed by atoms with Gasteiger partial charge in [0.1, 0.15) is 0 Å². The molecule has 0 atom stereocenters. The zero-order chi connectivity index (χ0) is 11.1. The molecular weight excluding hydrogens is 270 g/mol. The van der Waals surface area contributed by atoms with Crippen molar-refractivity contribution in [2.45, 2.75) is 33.1 Å². The van der Waals surface area contributed by atoms with E-state index in [4.69, 9.17) is 0 Å². The first-order valence-electron chi connectivity index (χ1n) is 5.62. The molecule has 1 aromatic rings. The summed E-state index contributed by atoms with van der Waals surface area (Å²) >= 11 is 5.33. The predicted octanol–water partition coefficient (Wildman–Crippen LogP) is 4.08. The van der Waals surface area contributed by atoms with E-state index in [9.17, 15) is 0 Å². The summed E-state index contributed by atoms with van der Waals surface area (Å²) in [5, 5.41) is 5.63. The second-order valence-electron chi connectivity index (χ2n) is 4.29. The maximum absolute atomic E-state index is 3.48. The summed E-state index contributed by atoms with van der Waals surface area (Å²) in [4.78, 5) is 1.49. The Balaban J connectivity index is 1.98. The molecule has 86 valence electrons. The molecule has 0 aliphatic rings. The van der Waals surface area contributed by atoms with Crippen molar-refractivity contribution in [1.82, 2.24) is 5.32 Å². The smallest absolute Gasteiger partial charge is 0.0285 e. The van der Waals surface area contributed by atoms with Gasteiger partial charge in [0, 0.05) is 14.7 Å².